The van der Waals surface area contributed by atoms with E-state index in [2.05, 4.69) is 49.7 Å². The fourth-order valence-electron chi connectivity index (χ4n) is 4.69. The summed E-state index contributed by atoms with van der Waals surface area (Å²) in [6, 6.07) is 12.9. The molecule has 0 saturated carbocycles. The number of nitro groups is 1. The summed E-state index contributed by atoms with van der Waals surface area (Å²) >= 11 is 0. The fraction of sp³-hybridized carbons (Fsp3) is 0.407. The number of nitro benzene ring substituents is 1. The number of para-hydroxylation sites is 1. The van der Waals surface area contributed by atoms with Crippen LogP contribution < -0.4 is 10.2 Å². The molecule has 3 rings (SSSR count). The van der Waals surface area contributed by atoms with Crippen LogP contribution in [-0.4, -0.2) is 28.2 Å². The number of ether oxygens (including phenoxy) is 1. The van der Waals surface area contributed by atoms with Crippen LogP contribution >= 0.6 is 0 Å². The molecule has 35 heavy (non-hydrogen) atoms. The molecule has 1 heterocycles. The second-order valence-corrected chi connectivity index (χ2v) is 10.7. The normalized spacial score (nSPS) is 12.3. The molecule has 0 unspecified atom stereocenters. The first kappa shape index (κ1) is 25.9. The lowest BCUT2D eigenvalue weighted by molar-refractivity contribution is -0.385. The van der Waals surface area contributed by atoms with Crippen LogP contribution in [0.3, 0.4) is 0 Å². The summed E-state index contributed by atoms with van der Waals surface area (Å²) in [4.78, 5) is 23.5. The van der Waals surface area contributed by atoms with Gasteiger partial charge in [-0.1, -0.05) is 58.9 Å². The van der Waals surface area contributed by atoms with Crippen LogP contribution in [0.25, 0.3) is 10.9 Å². The average Bonchev–Trinajstić information content (AvgIpc) is 3.01. The molecule has 0 radical (unpaired) electrons. The van der Waals surface area contributed by atoms with Crippen molar-refractivity contribution in [1.82, 2.24) is 9.99 Å². The molecule has 2 aromatic carbocycles. The Kier molecular flexibility index (Phi) is 7.33. The van der Waals surface area contributed by atoms with Crippen LogP contribution in [-0.2, 0) is 17.3 Å². The van der Waals surface area contributed by atoms with Gasteiger partial charge < -0.3 is 9.30 Å². The Balaban J connectivity index is 1.69. The molecule has 1 aromatic heterocycles. The van der Waals surface area contributed by atoms with Gasteiger partial charge in [-0.25, -0.2) is 5.43 Å². The quantitative estimate of drug-likeness (QED) is 0.257. The molecule has 0 spiro atoms. The van der Waals surface area contributed by atoms with Gasteiger partial charge in [0, 0.05) is 35.3 Å². The molecule has 1 N–H and O–H groups in total. The van der Waals surface area contributed by atoms with Crippen LogP contribution in [0.1, 0.15) is 57.9 Å². The Morgan fingerprint density at radius 1 is 1.17 bits per heavy atom. The molecule has 0 saturated heterocycles. The van der Waals surface area contributed by atoms with Gasteiger partial charge in [0.05, 0.1) is 11.1 Å². The van der Waals surface area contributed by atoms with Crippen LogP contribution in [0.4, 0.5) is 5.69 Å². The molecule has 8 nitrogen and oxygen atoms in total. The smallest absolute Gasteiger partial charge is 0.311 e. The number of nitrogens with one attached hydrogen (secondary N) is 1. The summed E-state index contributed by atoms with van der Waals surface area (Å²) in [6.45, 7) is 12.2. The van der Waals surface area contributed by atoms with Crippen LogP contribution in [0, 0.1) is 22.5 Å². The van der Waals surface area contributed by atoms with Crippen molar-refractivity contribution in [1.29, 1.82) is 0 Å². The molecule has 0 aliphatic carbocycles. The fourth-order valence-corrected chi connectivity index (χ4v) is 4.69. The van der Waals surface area contributed by atoms with Crippen molar-refractivity contribution < 1.29 is 14.5 Å². The number of benzene rings is 2. The van der Waals surface area contributed by atoms with Crippen molar-refractivity contribution in [2.24, 2.45) is 17.6 Å². The van der Waals surface area contributed by atoms with Crippen molar-refractivity contribution in [3.05, 3.63) is 69.4 Å². The standard InChI is InChI=1S/C27H34N4O4/c1-18-21(20-10-8-9-11-22(20)30(18)7)15-28-29-25(32)16-35-24-13-12-19(14-23(24)31(33)34)27(5,6)17-26(2,3)4/h8-15H,16-17H2,1-7H3,(H,29,32). The van der Waals surface area contributed by atoms with Crippen LogP contribution in [0.2, 0.25) is 0 Å². The van der Waals surface area contributed by atoms with Gasteiger partial charge in [0.2, 0.25) is 0 Å². The molecular formula is C27H34N4O4. The summed E-state index contributed by atoms with van der Waals surface area (Å²) in [5, 5.41) is 16.8. The lowest BCUT2D eigenvalue weighted by atomic mass is 9.72. The first-order chi connectivity index (χ1) is 16.3. The lowest BCUT2D eigenvalue weighted by Gasteiger charge is -2.33. The zero-order valence-electron chi connectivity index (χ0n) is 21.5. The van der Waals surface area contributed by atoms with E-state index in [1.807, 2.05) is 44.3 Å². The maximum Gasteiger partial charge on any atom is 0.311 e. The molecule has 186 valence electrons. The van der Waals surface area contributed by atoms with Crippen molar-refractivity contribution in [3.63, 3.8) is 0 Å². The average molecular weight is 479 g/mol. The number of hydrogen-bond donors (Lipinski definition) is 1. The number of rotatable bonds is 8. The summed E-state index contributed by atoms with van der Waals surface area (Å²) in [5.41, 5.74) is 5.94. The van der Waals surface area contributed by atoms with Crippen molar-refractivity contribution in [2.75, 3.05) is 6.61 Å². The SMILES string of the molecule is Cc1c(C=NNC(=O)COc2ccc(C(C)(C)CC(C)(C)C)cc2[N+](=O)[O-])c2ccccc2n1C. The second kappa shape index (κ2) is 9.90. The topological polar surface area (TPSA) is 98.8 Å². The van der Waals surface area contributed by atoms with Crippen LogP contribution in [0.15, 0.2) is 47.6 Å². The van der Waals surface area contributed by atoms with Gasteiger partial charge in [0.15, 0.2) is 12.4 Å². The lowest BCUT2D eigenvalue weighted by Crippen LogP contribution is -2.26. The highest BCUT2D eigenvalue weighted by Crippen LogP contribution is 2.39. The minimum Gasteiger partial charge on any atom is -0.477 e. The summed E-state index contributed by atoms with van der Waals surface area (Å²) < 4.78 is 7.56. The number of amides is 1. The van der Waals surface area contributed by atoms with Gasteiger partial charge >= 0.3 is 5.69 Å². The summed E-state index contributed by atoms with van der Waals surface area (Å²) in [7, 11) is 1.98. The summed E-state index contributed by atoms with van der Waals surface area (Å²) in [5.74, 6) is -0.458. The predicted octanol–water partition coefficient (Wildman–Crippen LogP) is 5.64. The number of aromatic nitrogens is 1. The molecule has 0 fully saturated rings. The monoisotopic (exact) mass is 478 g/mol. The van der Waals surface area contributed by atoms with E-state index in [1.54, 1.807) is 18.3 Å². The molecular weight excluding hydrogens is 444 g/mol. The predicted molar refractivity (Wildman–Crippen MR) is 139 cm³/mol. The number of carbonyl (C=O) groups excluding carboxylic acids is 1. The second-order valence-electron chi connectivity index (χ2n) is 10.7. The van der Waals surface area contributed by atoms with Gasteiger partial charge in [-0.05, 0) is 41.9 Å². The van der Waals surface area contributed by atoms with E-state index < -0.39 is 17.4 Å². The van der Waals surface area contributed by atoms with E-state index in [9.17, 15) is 14.9 Å². The van der Waals surface area contributed by atoms with E-state index in [-0.39, 0.29) is 22.3 Å². The number of hydrogen-bond acceptors (Lipinski definition) is 5. The minimum atomic E-state index is -0.509. The first-order valence-corrected chi connectivity index (χ1v) is 11.6. The number of aryl methyl sites for hydroxylation is 1. The zero-order chi connectivity index (χ0) is 26.0. The third-order valence-corrected chi connectivity index (χ3v) is 6.10. The largest absolute Gasteiger partial charge is 0.477 e. The third-order valence-electron chi connectivity index (χ3n) is 6.10. The molecule has 8 heteroatoms. The number of nitrogens with zero attached hydrogens (tertiary/aromatic N) is 3. The summed E-state index contributed by atoms with van der Waals surface area (Å²) in [6.07, 6.45) is 2.46. The maximum absolute atomic E-state index is 12.3. The van der Waals surface area contributed by atoms with E-state index in [0.29, 0.717) is 0 Å². The van der Waals surface area contributed by atoms with Crippen molar-refractivity contribution in [3.8, 4) is 5.75 Å². The van der Waals surface area contributed by atoms with Gasteiger partial charge in [-0.2, -0.15) is 5.10 Å². The Bertz CT molecular complexity index is 1280. The van der Waals surface area contributed by atoms with Gasteiger partial charge in [-0.3, -0.25) is 14.9 Å². The Morgan fingerprint density at radius 3 is 2.51 bits per heavy atom. The molecule has 1 amide bonds. The van der Waals surface area contributed by atoms with E-state index in [4.69, 9.17) is 4.74 Å². The van der Waals surface area contributed by atoms with E-state index in [1.165, 1.54) is 0 Å². The van der Waals surface area contributed by atoms with Crippen molar-refractivity contribution >= 4 is 28.7 Å². The highest BCUT2D eigenvalue weighted by Gasteiger charge is 2.30. The van der Waals surface area contributed by atoms with Crippen LogP contribution in [0.5, 0.6) is 5.75 Å². The zero-order valence-corrected chi connectivity index (χ0v) is 21.5. The molecule has 0 atom stereocenters. The number of fused-ring (bicyclic) bond motifs is 1. The molecule has 3 aromatic rings. The highest BCUT2D eigenvalue weighted by molar-refractivity contribution is 6.01. The highest BCUT2D eigenvalue weighted by atomic mass is 16.6. The van der Waals surface area contributed by atoms with Crippen molar-refractivity contribution in [2.45, 2.75) is 53.4 Å². The Morgan fingerprint density at radius 2 is 1.86 bits per heavy atom. The maximum atomic E-state index is 12.3. The van der Waals surface area contributed by atoms with E-state index in [0.717, 1.165) is 34.1 Å². The first-order valence-electron chi connectivity index (χ1n) is 11.6. The van der Waals surface area contributed by atoms with Gasteiger partial charge in [0.1, 0.15) is 0 Å². The van der Waals surface area contributed by atoms with E-state index >= 15 is 0 Å². The number of hydrazone groups is 1. The number of carbonyl (C=O) groups is 1. The molecule has 0 aliphatic heterocycles. The minimum absolute atomic E-state index is 0.0503. The molecule has 0 bridgehead atoms. The van der Waals surface area contributed by atoms with Gasteiger partial charge in [-0.15, -0.1) is 0 Å². The van der Waals surface area contributed by atoms with Gasteiger partial charge in [0.25, 0.3) is 5.91 Å². The molecule has 0 aliphatic rings. The third kappa shape index (κ3) is 6.07. The Hall–Kier alpha value is -3.68. The Labute approximate surface area is 206 Å².